The number of fused-ring (bicyclic) bond motifs is 1. The third-order valence-corrected chi connectivity index (χ3v) is 7.04. The van der Waals surface area contributed by atoms with E-state index in [2.05, 4.69) is 11.0 Å². The summed E-state index contributed by atoms with van der Waals surface area (Å²) in [5.41, 5.74) is 3.34. The predicted molar refractivity (Wildman–Crippen MR) is 102 cm³/mol. The van der Waals surface area contributed by atoms with Gasteiger partial charge in [0.25, 0.3) is 0 Å². The maximum absolute atomic E-state index is 12.8. The molecule has 0 spiro atoms. The number of halogens is 1. The van der Waals surface area contributed by atoms with E-state index in [9.17, 15) is 8.42 Å². The van der Waals surface area contributed by atoms with Crippen LogP contribution in [-0.2, 0) is 27.7 Å². The zero-order valence-corrected chi connectivity index (χ0v) is 16.0. The maximum atomic E-state index is 12.8. The van der Waals surface area contributed by atoms with Crippen molar-refractivity contribution in [2.45, 2.75) is 17.9 Å². The van der Waals surface area contributed by atoms with Crippen LogP contribution in [0, 0.1) is 0 Å². The summed E-state index contributed by atoms with van der Waals surface area (Å²) >= 11 is 6.08. The fourth-order valence-corrected chi connectivity index (χ4v) is 5.23. The number of benzene rings is 2. The molecular formula is C19H21ClN2O3S. The van der Waals surface area contributed by atoms with Gasteiger partial charge >= 0.3 is 0 Å². The van der Waals surface area contributed by atoms with Crippen molar-refractivity contribution in [1.29, 1.82) is 0 Å². The van der Waals surface area contributed by atoms with Crippen LogP contribution in [0.25, 0.3) is 0 Å². The van der Waals surface area contributed by atoms with Crippen molar-refractivity contribution in [3.05, 3.63) is 58.6 Å². The molecule has 2 aliphatic heterocycles. The molecular weight excluding hydrogens is 372 g/mol. The predicted octanol–water partition coefficient (Wildman–Crippen LogP) is 2.92. The standard InChI is InChI=1S/C19H21ClN2O3S/c20-17-3-1-2-15(12-17)14-21-7-6-16-13-18(4-5-19(16)21)26(23,24)22-8-10-25-11-9-22/h1-5,12-13H,6-11,14H2. The molecule has 0 aliphatic carbocycles. The molecule has 1 saturated heterocycles. The molecule has 0 bridgehead atoms. The molecule has 2 aromatic carbocycles. The average molecular weight is 393 g/mol. The number of hydrogen-bond donors (Lipinski definition) is 0. The van der Waals surface area contributed by atoms with Gasteiger partial charge in [-0.1, -0.05) is 23.7 Å². The smallest absolute Gasteiger partial charge is 0.243 e. The van der Waals surface area contributed by atoms with Gasteiger partial charge in [0.1, 0.15) is 0 Å². The van der Waals surface area contributed by atoms with Crippen LogP contribution in [0.5, 0.6) is 0 Å². The van der Waals surface area contributed by atoms with Crippen LogP contribution in [0.3, 0.4) is 0 Å². The molecule has 0 atom stereocenters. The molecule has 0 amide bonds. The molecule has 1 fully saturated rings. The number of sulfonamides is 1. The molecule has 2 heterocycles. The van der Waals surface area contributed by atoms with Crippen molar-refractivity contribution < 1.29 is 13.2 Å². The highest BCUT2D eigenvalue weighted by molar-refractivity contribution is 7.89. The number of ether oxygens (including phenoxy) is 1. The van der Waals surface area contributed by atoms with E-state index in [0.29, 0.717) is 31.2 Å². The molecule has 4 rings (SSSR count). The van der Waals surface area contributed by atoms with Gasteiger partial charge in [0.15, 0.2) is 0 Å². The summed E-state index contributed by atoms with van der Waals surface area (Å²) in [6.45, 7) is 3.39. The van der Waals surface area contributed by atoms with Gasteiger partial charge in [0.05, 0.1) is 18.1 Å². The minimum absolute atomic E-state index is 0.378. The summed E-state index contributed by atoms with van der Waals surface area (Å²) < 4.78 is 32.5. The van der Waals surface area contributed by atoms with Crippen LogP contribution in [0.4, 0.5) is 5.69 Å². The maximum Gasteiger partial charge on any atom is 0.243 e. The highest BCUT2D eigenvalue weighted by Gasteiger charge is 2.28. The molecule has 0 saturated carbocycles. The van der Waals surface area contributed by atoms with Crippen LogP contribution >= 0.6 is 11.6 Å². The zero-order valence-electron chi connectivity index (χ0n) is 14.4. The average Bonchev–Trinajstić information content (AvgIpc) is 3.05. The van der Waals surface area contributed by atoms with Crippen molar-refractivity contribution >= 4 is 27.3 Å². The Hall–Kier alpha value is -1.60. The van der Waals surface area contributed by atoms with E-state index in [4.69, 9.17) is 16.3 Å². The first-order valence-corrected chi connectivity index (χ1v) is 10.6. The third kappa shape index (κ3) is 3.47. The van der Waals surface area contributed by atoms with E-state index in [1.54, 1.807) is 6.07 Å². The van der Waals surface area contributed by atoms with Gasteiger partial charge in [-0.05, 0) is 47.9 Å². The summed E-state index contributed by atoms with van der Waals surface area (Å²) in [7, 11) is -3.45. The monoisotopic (exact) mass is 392 g/mol. The molecule has 0 unspecified atom stereocenters. The van der Waals surface area contributed by atoms with E-state index < -0.39 is 10.0 Å². The van der Waals surface area contributed by atoms with Crippen molar-refractivity contribution in [1.82, 2.24) is 4.31 Å². The van der Waals surface area contributed by atoms with Gasteiger partial charge in [0.2, 0.25) is 10.0 Å². The lowest BCUT2D eigenvalue weighted by Crippen LogP contribution is -2.40. The zero-order chi connectivity index (χ0) is 18.1. The van der Waals surface area contributed by atoms with Crippen LogP contribution in [-0.4, -0.2) is 45.6 Å². The van der Waals surface area contributed by atoms with Crippen molar-refractivity contribution in [2.24, 2.45) is 0 Å². The molecule has 2 aromatic rings. The fraction of sp³-hybridized carbons (Fsp3) is 0.368. The van der Waals surface area contributed by atoms with E-state index in [-0.39, 0.29) is 0 Å². The van der Waals surface area contributed by atoms with Gasteiger partial charge in [0, 0.05) is 36.9 Å². The molecule has 0 N–H and O–H groups in total. The van der Waals surface area contributed by atoms with Crippen LogP contribution < -0.4 is 4.90 Å². The number of morpholine rings is 1. The third-order valence-electron chi connectivity index (χ3n) is 4.91. The van der Waals surface area contributed by atoms with Crippen molar-refractivity contribution in [3.8, 4) is 0 Å². The number of nitrogens with zero attached hydrogens (tertiary/aromatic N) is 2. The molecule has 5 nitrogen and oxygen atoms in total. The van der Waals surface area contributed by atoms with Gasteiger partial charge in [-0.3, -0.25) is 0 Å². The Labute approximate surface area is 159 Å². The summed E-state index contributed by atoms with van der Waals surface area (Å²) in [5, 5.41) is 0.730. The van der Waals surface area contributed by atoms with E-state index in [1.165, 1.54) is 4.31 Å². The Morgan fingerprint density at radius 1 is 1.04 bits per heavy atom. The van der Waals surface area contributed by atoms with E-state index in [0.717, 1.165) is 41.3 Å². The number of anilines is 1. The highest BCUT2D eigenvalue weighted by Crippen LogP contribution is 2.32. The molecule has 138 valence electrons. The van der Waals surface area contributed by atoms with Gasteiger partial charge in [-0.25, -0.2) is 8.42 Å². The molecule has 2 aliphatic rings. The lowest BCUT2D eigenvalue weighted by atomic mass is 10.1. The summed E-state index contributed by atoms with van der Waals surface area (Å²) in [6, 6.07) is 13.3. The summed E-state index contributed by atoms with van der Waals surface area (Å²) in [6.07, 6.45) is 0.850. The number of hydrogen-bond acceptors (Lipinski definition) is 4. The summed E-state index contributed by atoms with van der Waals surface area (Å²) in [5.74, 6) is 0. The van der Waals surface area contributed by atoms with Crippen LogP contribution in [0.2, 0.25) is 5.02 Å². The second kappa shape index (κ2) is 7.19. The van der Waals surface area contributed by atoms with E-state index in [1.807, 2.05) is 30.3 Å². The molecule has 0 aromatic heterocycles. The topological polar surface area (TPSA) is 49.9 Å². The Kier molecular flexibility index (Phi) is 4.92. The van der Waals surface area contributed by atoms with Gasteiger partial charge < -0.3 is 9.64 Å². The van der Waals surface area contributed by atoms with Crippen LogP contribution in [0.15, 0.2) is 47.4 Å². The summed E-state index contributed by atoms with van der Waals surface area (Å²) in [4.78, 5) is 2.65. The first-order valence-electron chi connectivity index (χ1n) is 8.74. The Bertz CT molecular complexity index is 911. The Morgan fingerprint density at radius 2 is 1.85 bits per heavy atom. The van der Waals surface area contributed by atoms with Crippen molar-refractivity contribution in [2.75, 3.05) is 37.7 Å². The van der Waals surface area contributed by atoms with Gasteiger partial charge in [-0.2, -0.15) is 4.31 Å². The van der Waals surface area contributed by atoms with E-state index >= 15 is 0 Å². The second-order valence-corrected chi connectivity index (χ2v) is 8.98. The molecule has 0 radical (unpaired) electrons. The lowest BCUT2D eigenvalue weighted by Gasteiger charge is -2.26. The second-order valence-electron chi connectivity index (χ2n) is 6.61. The molecule has 7 heteroatoms. The minimum Gasteiger partial charge on any atom is -0.379 e. The normalized spacial score (nSPS) is 18.1. The quantitative estimate of drug-likeness (QED) is 0.802. The lowest BCUT2D eigenvalue weighted by molar-refractivity contribution is 0.0730. The van der Waals surface area contributed by atoms with Crippen molar-refractivity contribution in [3.63, 3.8) is 0 Å². The first-order chi connectivity index (χ1) is 12.5. The van der Waals surface area contributed by atoms with Gasteiger partial charge in [-0.15, -0.1) is 0 Å². The van der Waals surface area contributed by atoms with Crippen LogP contribution in [0.1, 0.15) is 11.1 Å². The first kappa shape index (κ1) is 17.8. The SMILES string of the molecule is O=S(=O)(c1ccc2c(c1)CCN2Cc1cccc(Cl)c1)N1CCOCC1. The Morgan fingerprint density at radius 3 is 2.62 bits per heavy atom. The Balaban J connectivity index is 1.56. The largest absolute Gasteiger partial charge is 0.379 e. The molecule has 26 heavy (non-hydrogen) atoms. The fourth-order valence-electron chi connectivity index (χ4n) is 3.56. The number of rotatable bonds is 4. The highest BCUT2D eigenvalue weighted by atomic mass is 35.5. The minimum atomic E-state index is -3.45.